The molecule has 3 rings (SSSR count). The van der Waals surface area contributed by atoms with Crippen LogP contribution in [-0.4, -0.2) is 18.2 Å². The van der Waals surface area contributed by atoms with E-state index in [0.29, 0.717) is 16.4 Å². The first-order chi connectivity index (χ1) is 12.3. The summed E-state index contributed by atoms with van der Waals surface area (Å²) in [4.78, 5) is 0.133. The van der Waals surface area contributed by atoms with E-state index in [-0.39, 0.29) is 10.9 Å². The molecule has 0 amide bonds. The number of nitrogens with zero attached hydrogens (tertiary/aromatic N) is 2. The van der Waals surface area contributed by atoms with Crippen molar-refractivity contribution in [1.82, 2.24) is 9.78 Å². The third-order valence-corrected chi connectivity index (χ3v) is 5.78. The van der Waals surface area contributed by atoms with Crippen LogP contribution in [0.3, 0.4) is 0 Å². The van der Waals surface area contributed by atoms with Gasteiger partial charge in [0.25, 0.3) is 10.0 Å². The molecule has 0 atom stereocenters. The Labute approximate surface area is 158 Å². The van der Waals surface area contributed by atoms with E-state index in [1.54, 1.807) is 29.1 Å². The molecule has 7 heteroatoms. The van der Waals surface area contributed by atoms with Crippen LogP contribution in [0.2, 0.25) is 5.02 Å². The number of sulfonamides is 1. The van der Waals surface area contributed by atoms with Gasteiger partial charge in [-0.05, 0) is 38.5 Å². The Morgan fingerprint density at radius 2 is 1.81 bits per heavy atom. The summed E-state index contributed by atoms with van der Waals surface area (Å²) in [6.45, 7) is 5.76. The van der Waals surface area contributed by atoms with Crippen LogP contribution in [0.15, 0.2) is 59.6 Å². The number of hydrogen-bond acceptors (Lipinski definition) is 3. The average molecular weight is 390 g/mol. The molecule has 3 aromatic rings. The van der Waals surface area contributed by atoms with Gasteiger partial charge in [0.2, 0.25) is 0 Å². The van der Waals surface area contributed by atoms with Crippen molar-refractivity contribution < 1.29 is 8.42 Å². The smallest absolute Gasteiger partial charge is 0.265 e. The number of aryl methyl sites for hydroxylation is 1. The lowest BCUT2D eigenvalue weighted by Gasteiger charge is -2.09. The van der Waals surface area contributed by atoms with E-state index in [1.165, 1.54) is 0 Å². The molecular weight excluding hydrogens is 370 g/mol. The van der Waals surface area contributed by atoms with Crippen molar-refractivity contribution in [1.29, 1.82) is 0 Å². The molecule has 0 fully saturated rings. The van der Waals surface area contributed by atoms with E-state index in [1.807, 2.05) is 51.1 Å². The Morgan fingerprint density at radius 1 is 1.12 bits per heavy atom. The number of benzene rings is 2. The van der Waals surface area contributed by atoms with Crippen LogP contribution in [-0.2, 0) is 10.0 Å². The Kier molecular flexibility index (Phi) is 5.07. The van der Waals surface area contributed by atoms with Gasteiger partial charge < -0.3 is 0 Å². The highest BCUT2D eigenvalue weighted by molar-refractivity contribution is 7.92. The van der Waals surface area contributed by atoms with Gasteiger partial charge >= 0.3 is 0 Å². The van der Waals surface area contributed by atoms with Crippen molar-refractivity contribution in [2.24, 2.45) is 0 Å². The van der Waals surface area contributed by atoms with Crippen LogP contribution in [0.4, 0.5) is 5.69 Å². The van der Waals surface area contributed by atoms with Crippen molar-refractivity contribution in [2.75, 3.05) is 4.72 Å². The number of anilines is 1. The molecular formula is C19H20ClN3O2S. The van der Waals surface area contributed by atoms with Gasteiger partial charge in [-0.25, -0.2) is 8.42 Å². The number of rotatable bonds is 5. The van der Waals surface area contributed by atoms with Crippen LogP contribution in [0, 0.1) is 6.92 Å². The molecule has 0 spiro atoms. The SMILES string of the molecule is Cc1ccc(NS(=O)(=O)c2cn(C(C)C)nc2-c2ccccc2)cc1Cl. The molecule has 1 aromatic heterocycles. The number of nitrogens with one attached hydrogen (secondary N) is 1. The first kappa shape index (κ1) is 18.5. The van der Waals surface area contributed by atoms with E-state index in [0.717, 1.165) is 11.1 Å². The molecule has 0 radical (unpaired) electrons. The van der Waals surface area contributed by atoms with Crippen molar-refractivity contribution in [3.05, 3.63) is 65.3 Å². The summed E-state index contributed by atoms with van der Waals surface area (Å²) in [7, 11) is -3.83. The lowest BCUT2D eigenvalue weighted by molar-refractivity contribution is 0.532. The molecule has 136 valence electrons. The Hall–Kier alpha value is -2.31. The number of halogens is 1. The Morgan fingerprint density at radius 3 is 2.42 bits per heavy atom. The normalized spacial score (nSPS) is 11.7. The van der Waals surface area contributed by atoms with E-state index in [2.05, 4.69) is 9.82 Å². The standard InChI is InChI=1S/C19H20ClN3O2S/c1-13(2)23-12-18(19(21-23)15-7-5-4-6-8-15)26(24,25)22-16-10-9-14(3)17(20)11-16/h4-13,22H,1-3H3. The van der Waals surface area contributed by atoms with E-state index >= 15 is 0 Å². The fraction of sp³-hybridized carbons (Fsp3) is 0.211. The van der Waals surface area contributed by atoms with Crippen LogP contribution >= 0.6 is 11.6 Å². The van der Waals surface area contributed by atoms with Gasteiger partial charge in [-0.15, -0.1) is 0 Å². The van der Waals surface area contributed by atoms with Gasteiger partial charge in [0.1, 0.15) is 10.6 Å². The second kappa shape index (κ2) is 7.13. The van der Waals surface area contributed by atoms with Crippen molar-refractivity contribution in [3.8, 4) is 11.3 Å². The van der Waals surface area contributed by atoms with Gasteiger partial charge in [-0.1, -0.05) is 48.0 Å². The lowest BCUT2D eigenvalue weighted by Crippen LogP contribution is -2.13. The average Bonchev–Trinajstić information content (AvgIpc) is 3.05. The summed E-state index contributed by atoms with van der Waals surface area (Å²) < 4.78 is 30.3. The molecule has 1 N–H and O–H groups in total. The number of aromatic nitrogens is 2. The summed E-state index contributed by atoms with van der Waals surface area (Å²) in [5.41, 5.74) is 2.46. The molecule has 1 heterocycles. The minimum atomic E-state index is -3.83. The van der Waals surface area contributed by atoms with E-state index in [4.69, 9.17) is 11.6 Å². The largest absolute Gasteiger partial charge is 0.279 e. The van der Waals surface area contributed by atoms with Gasteiger partial charge in [-0.2, -0.15) is 5.10 Å². The summed E-state index contributed by atoms with van der Waals surface area (Å²) in [6.07, 6.45) is 1.56. The molecule has 2 aromatic carbocycles. The molecule has 0 aliphatic rings. The fourth-order valence-corrected chi connectivity index (χ4v) is 3.89. The molecule has 5 nitrogen and oxygen atoms in total. The maximum atomic E-state index is 13.0. The zero-order chi connectivity index (χ0) is 18.9. The molecule has 26 heavy (non-hydrogen) atoms. The predicted molar refractivity (Wildman–Crippen MR) is 105 cm³/mol. The first-order valence-corrected chi connectivity index (χ1v) is 10.1. The zero-order valence-corrected chi connectivity index (χ0v) is 16.3. The molecule has 0 unspecified atom stereocenters. The highest BCUT2D eigenvalue weighted by Gasteiger charge is 2.24. The summed E-state index contributed by atoms with van der Waals surface area (Å²) in [6, 6.07) is 14.4. The molecule has 0 bridgehead atoms. The minimum absolute atomic E-state index is 0.0373. The van der Waals surface area contributed by atoms with Crippen LogP contribution in [0.25, 0.3) is 11.3 Å². The van der Waals surface area contributed by atoms with Crippen molar-refractivity contribution >= 4 is 27.3 Å². The van der Waals surface area contributed by atoms with E-state index < -0.39 is 10.0 Å². The summed E-state index contributed by atoms with van der Waals surface area (Å²) in [5.74, 6) is 0. The second-order valence-corrected chi connectivity index (χ2v) is 8.41. The zero-order valence-electron chi connectivity index (χ0n) is 14.8. The number of hydrogen-bond donors (Lipinski definition) is 1. The summed E-state index contributed by atoms with van der Waals surface area (Å²) in [5, 5.41) is 5.00. The van der Waals surface area contributed by atoms with Gasteiger partial charge in [0.05, 0.1) is 5.69 Å². The monoisotopic (exact) mass is 389 g/mol. The maximum Gasteiger partial charge on any atom is 0.265 e. The first-order valence-electron chi connectivity index (χ1n) is 8.21. The molecule has 0 aliphatic carbocycles. The van der Waals surface area contributed by atoms with Gasteiger partial charge in [0.15, 0.2) is 0 Å². The second-order valence-electron chi connectivity index (χ2n) is 6.35. The quantitative estimate of drug-likeness (QED) is 0.675. The van der Waals surface area contributed by atoms with Crippen LogP contribution < -0.4 is 4.72 Å². The van der Waals surface area contributed by atoms with Crippen LogP contribution in [0.5, 0.6) is 0 Å². The molecule has 0 saturated heterocycles. The van der Waals surface area contributed by atoms with Gasteiger partial charge in [0, 0.05) is 22.8 Å². The van der Waals surface area contributed by atoms with Crippen molar-refractivity contribution in [2.45, 2.75) is 31.7 Å². The highest BCUT2D eigenvalue weighted by Crippen LogP contribution is 2.29. The topological polar surface area (TPSA) is 64.0 Å². The Bertz CT molecular complexity index is 1030. The predicted octanol–water partition coefficient (Wildman–Crippen LogP) is 4.89. The molecule has 0 saturated carbocycles. The van der Waals surface area contributed by atoms with Gasteiger partial charge in [-0.3, -0.25) is 9.40 Å². The molecule has 0 aliphatic heterocycles. The van der Waals surface area contributed by atoms with Crippen LogP contribution in [0.1, 0.15) is 25.5 Å². The van der Waals surface area contributed by atoms with Crippen molar-refractivity contribution in [3.63, 3.8) is 0 Å². The third kappa shape index (κ3) is 3.76. The van der Waals surface area contributed by atoms with E-state index in [9.17, 15) is 8.42 Å². The lowest BCUT2D eigenvalue weighted by atomic mass is 10.2. The summed E-state index contributed by atoms with van der Waals surface area (Å²) >= 11 is 6.11. The maximum absolute atomic E-state index is 13.0. The fourth-order valence-electron chi connectivity index (χ4n) is 2.50. The third-order valence-electron chi connectivity index (χ3n) is 3.99. The highest BCUT2D eigenvalue weighted by atomic mass is 35.5. The Balaban J connectivity index is 2.07. The minimum Gasteiger partial charge on any atom is -0.279 e.